The molecule has 0 aliphatic carbocycles. The zero-order chi connectivity index (χ0) is 18.8. The normalized spacial score (nSPS) is 23.0. The van der Waals surface area contributed by atoms with E-state index in [9.17, 15) is 14.4 Å². The highest BCUT2D eigenvalue weighted by Crippen LogP contribution is 2.27. The predicted octanol–water partition coefficient (Wildman–Crippen LogP) is 2.05. The molecule has 0 unspecified atom stereocenters. The van der Waals surface area contributed by atoms with Gasteiger partial charge < -0.3 is 15.1 Å². The molecule has 2 aliphatic rings. The summed E-state index contributed by atoms with van der Waals surface area (Å²) in [6, 6.07) is 7.27. The molecule has 0 saturated carbocycles. The van der Waals surface area contributed by atoms with Gasteiger partial charge in [-0.05, 0) is 36.6 Å². The number of nitrogens with one attached hydrogen (secondary N) is 1. The largest absolute Gasteiger partial charge is 0.351 e. The number of rotatable bonds is 4. The topological polar surface area (TPSA) is 69.7 Å². The highest BCUT2D eigenvalue weighted by atomic mass is 16.2. The summed E-state index contributed by atoms with van der Waals surface area (Å²) in [7, 11) is 0. The zero-order valence-electron chi connectivity index (χ0n) is 15.7. The van der Waals surface area contributed by atoms with Crippen LogP contribution in [0.3, 0.4) is 0 Å². The molecule has 1 aromatic carbocycles. The third-order valence-electron chi connectivity index (χ3n) is 5.40. The fourth-order valence-electron chi connectivity index (χ4n) is 3.97. The van der Waals surface area contributed by atoms with E-state index in [1.165, 1.54) is 6.92 Å². The van der Waals surface area contributed by atoms with Crippen LogP contribution in [0.25, 0.3) is 0 Å². The number of carbonyl (C=O) groups is 3. The molecule has 3 rings (SSSR count). The Balaban J connectivity index is 1.70. The third kappa shape index (κ3) is 3.74. The number of amides is 3. The number of hydrogen-bond acceptors (Lipinski definition) is 3. The van der Waals surface area contributed by atoms with Gasteiger partial charge >= 0.3 is 0 Å². The molecule has 0 bridgehead atoms. The monoisotopic (exact) mass is 357 g/mol. The number of carbonyl (C=O) groups excluding carboxylic acids is 3. The van der Waals surface area contributed by atoms with E-state index < -0.39 is 0 Å². The summed E-state index contributed by atoms with van der Waals surface area (Å²) in [5, 5.41) is 2.98. The lowest BCUT2D eigenvalue weighted by Crippen LogP contribution is -2.41. The Morgan fingerprint density at radius 1 is 1.15 bits per heavy atom. The summed E-state index contributed by atoms with van der Waals surface area (Å²) >= 11 is 0. The second kappa shape index (κ2) is 7.48. The molecule has 2 saturated heterocycles. The minimum atomic E-state index is -0.0606. The lowest BCUT2D eigenvalue weighted by Gasteiger charge is -2.21. The maximum atomic E-state index is 12.9. The van der Waals surface area contributed by atoms with Crippen LogP contribution in [0.15, 0.2) is 24.3 Å². The van der Waals surface area contributed by atoms with Crippen LogP contribution in [-0.4, -0.2) is 48.3 Å². The number of benzene rings is 1. The quantitative estimate of drug-likeness (QED) is 0.897. The molecule has 140 valence electrons. The van der Waals surface area contributed by atoms with Gasteiger partial charge in [-0.3, -0.25) is 14.4 Å². The van der Waals surface area contributed by atoms with Gasteiger partial charge in [-0.25, -0.2) is 0 Å². The lowest BCUT2D eigenvalue weighted by atomic mass is 9.91. The molecule has 0 aromatic heterocycles. The highest BCUT2D eigenvalue weighted by Gasteiger charge is 2.37. The van der Waals surface area contributed by atoms with Gasteiger partial charge in [0.25, 0.3) is 5.91 Å². The van der Waals surface area contributed by atoms with Gasteiger partial charge in [0, 0.05) is 50.1 Å². The van der Waals surface area contributed by atoms with Crippen LogP contribution >= 0.6 is 0 Å². The summed E-state index contributed by atoms with van der Waals surface area (Å²) in [6.07, 6.45) is 1.48. The van der Waals surface area contributed by atoms with Crippen molar-refractivity contribution in [1.82, 2.24) is 10.2 Å². The van der Waals surface area contributed by atoms with Gasteiger partial charge in [0.05, 0.1) is 6.04 Å². The SMILES string of the molecule is CC(=O)N[C@@H]1CN(C(=O)c2ccc(N3CCCC3=O)cc2)C[C@H]1C(C)C. The van der Waals surface area contributed by atoms with E-state index in [1.54, 1.807) is 17.0 Å². The van der Waals surface area contributed by atoms with Gasteiger partial charge in [-0.15, -0.1) is 0 Å². The lowest BCUT2D eigenvalue weighted by molar-refractivity contribution is -0.120. The van der Waals surface area contributed by atoms with Crippen molar-refractivity contribution < 1.29 is 14.4 Å². The Morgan fingerprint density at radius 2 is 1.85 bits per heavy atom. The highest BCUT2D eigenvalue weighted by molar-refractivity contribution is 5.97. The van der Waals surface area contributed by atoms with E-state index in [4.69, 9.17) is 0 Å². The Bertz CT molecular complexity index is 699. The Kier molecular flexibility index (Phi) is 5.30. The fraction of sp³-hybridized carbons (Fsp3) is 0.550. The average Bonchev–Trinajstić information content (AvgIpc) is 3.20. The number of likely N-dealkylation sites (tertiary alicyclic amines) is 1. The van der Waals surface area contributed by atoms with Crippen LogP contribution in [0.5, 0.6) is 0 Å². The molecular weight excluding hydrogens is 330 g/mol. The molecule has 2 aliphatic heterocycles. The molecule has 2 fully saturated rings. The van der Waals surface area contributed by atoms with Crippen molar-refractivity contribution in [2.45, 2.75) is 39.7 Å². The third-order valence-corrected chi connectivity index (χ3v) is 5.40. The van der Waals surface area contributed by atoms with Crippen molar-refractivity contribution in [3.63, 3.8) is 0 Å². The standard InChI is InChI=1S/C20H27N3O3/c1-13(2)17-11-22(12-18(17)21-14(3)24)20(26)15-6-8-16(9-7-15)23-10-4-5-19(23)25/h6-9,13,17-18H,4-5,10-12H2,1-3H3,(H,21,24)/t17-,18+/m0/s1. The van der Waals surface area contributed by atoms with E-state index in [0.29, 0.717) is 31.0 Å². The first-order valence-electron chi connectivity index (χ1n) is 9.33. The van der Waals surface area contributed by atoms with Crippen LogP contribution in [0.4, 0.5) is 5.69 Å². The molecule has 1 aromatic rings. The van der Waals surface area contributed by atoms with Gasteiger partial charge in [0.15, 0.2) is 0 Å². The second-order valence-corrected chi connectivity index (χ2v) is 7.62. The number of nitrogens with zero attached hydrogens (tertiary/aromatic N) is 2. The van der Waals surface area contributed by atoms with Gasteiger partial charge in [-0.1, -0.05) is 13.8 Å². The zero-order valence-corrected chi connectivity index (χ0v) is 15.7. The molecule has 1 N–H and O–H groups in total. The second-order valence-electron chi connectivity index (χ2n) is 7.62. The maximum absolute atomic E-state index is 12.9. The number of hydrogen-bond donors (Lipinski definition) is 1. The van der Waals surface area contributed by atoms with Crippen LogP contribution in [0.2, 0.25) is 0 Å². The number of anilines is 1. The summed E-state index contributed by atoms with van der Waals surface area (Å²) in [5.74, 6) is 0.691. The summed E-state index contributed by atoms with van der Waals surface area (Å²) in [5.41, 5.74) is 1.47. The Morgan fingerprint density at radius 3 is 2.38 bits per heavy atom. The smallest absolute Gasteiger partial charge is 0.253 e. The van der Waals surface area contributed by atoms with Crippen molar-refractivity contribution in [2.75, 3.05) is 24.5 Å². The van der Waals surface area contributed by atoms with Crippen molar-refractivity contribution in [1.29, 1.82) is 0 Å². The van der Waals surface area contributed by atoms with Crippen molar-refractivity contribution in [3.8, 4) is 0 Å². The van der Waals surface area contributed by atoms with Crippen molar-refractivity contribution >= 4 is 23.4 Å². The van der Waals surface area contributed by atoms with Crippen LogP contribution < -0.4 is 10.2 Å². The van der Waals surface area contributed by atoms with Crippen molar-refractivity contribution in [3.05, 3.63) is 29.8 Å². The molecule has 3 amide bonds. The minimum Gasteiger partial charge on any atom is -0.351 e. The predicted molar refractivity (Wildman–Crippen MR) is 99.9 cm³/mol. The molecule has 0 radical (unpaired) electrons. The van der Waals surface area contributed by atoms with Gasteiger partial charge in [0.2, 0.25) is 11.8 Å². The maximum Gasteiger partial charge on any atom is 0.253 e. The molecule has 6 nitrogen and oxygen atoms in total. The first-order chi connectivity index (χ1) is 12.4. The van der Waals surface area contributed by atoms with E-state index in [2.05, 4.69) is 19.2 Å². The summed E-state index contributed by atoms with van der Waals surface area (Å²) in [6.45, 7) is 7.68. The van der Waals surface area contributed by atoms with E-state index in [-0.39, 0.29) is 29.7 Å². The van der Waals surface area contributed by atoms with Crippen molar-refractivity contribution in [2.24, 2.45) is 11.8 Å². The molecule has 2 heterocycles. The van der Waals surface area contributed by atoms with Crippen LogP contribution in [0, 0.1) is 11.8 Å². The molecule has 26 heavy (non-hydrogen) atoms. The molecular formula is C20H27N3O3. The van der Waals surface area contributed by atoms with Gasteiger partial charge in [0.1, 0.15) is 0 Å². The summed E-state index contributed by atoms with van der Waals surface area (Å²) < 4.78 is 0. The van der Waals surface area contributed by atoms with E-state index in [1.807, 2.05) is 17.0 Å². The first kappa shape index (κ1) is 18.4. The first-order valence-corrected chi connectivity index (χ1v) is 9.33. The molecule has 6 heteroatoms. The fourth-order valence-corrected chi connectivity index (χ4v) is 3.97. The average molecular weight is 357 g/mol. The van der Waals surface area contributed by atoms with E-state index >= 15 is 0 Å². The van der Waals surface area contributed by atoms with Gasteiger partial charge in [-0.2, -0.15) is 0 Å². The minimum absolute atomic E-state index is 0.00190. The molecule has 0 spiro atoms. The van der Waals surface area contributed by atoms with Crippen LogP contribution in [-0.2, 0) is 9.59 Å². The molecule has 2 atom stereocenters. The Hall–Kier alpha value is -2.37. The van der Waals surface area contributed by atoms with E-state index in [0.717, 1.165) is 18.7 Å². The Labute approximate surface area is 154 Å². The van der Waals surface area contributed by atoms with Crippen LogP contribution in [0.1, 0.15) is 44.0 Å². The summed E-state index contributed by atoms with van der Waals surface area (Å²) in [4.78, 5) is 39.8.